The number of nitrogens with zero attached hydrogens (tertiary/aromatic N) is 4. The number of hydrogen-bond acceptors (Lipinski definition) is 5. The summed E-state index contributed by atoms with van der Waals surface area (Å²) in [7, 11) is 1.87. The van der Waals surface area contributed by atoms with Crippen LogP contribution in [0.1, 0.15) is 46.5 Å². The second kappa shape index (κ2) is 8.24. The second-order valence-corrected chi connectivity index (χ2v) is 8.62. The zero-order chi connectivity index (χ0) is 20.5. The van der Waals surface area contributed by atoms with E-state index in [1.54, 1.807) is 6.07 Å². The molecule has 0 aliphatic heterocycles. The molecule has 8 heteroatoms. The summed E-state index contributed by atoms with van der Waals surface area (Å²) in [5.74, 6) is 1.72. The molecule has 0 atom stereocenters. The Morgan fingerprint density at radius 1 is 1.28 bits per heavy atom. The van der Waals surface area contributed by atoms with Crippen molar-refractivity contribution in [1.29, 1.82) is 0 Å². The highest BCUT2D eigenvalue weighted by molar-refractivity contribution is 7.99. The highest BCUT2D eigenvalue weighted by atomic mass is 35.5. The number of aromatic nitrogens is 4. The number of rotatable bonds is 8. The fourth-order valence-electron chi connectivity index (χ4n) is 3.46. The number of carbonyl (C=O) groups excluding carboxylic acids is 1. The van der Waals surface area contributed by atoms with Gasteiger partial charge in [-0.15, -0.1) is 10.2 Å². The predicted octanol–water partition coefficient (Wildman–Crippen LogP) is 4.78. The van der Waals surface area contributed by atoms with E-state index in [1.807, 2.05) is 42.8 Å². The minimum Gasteiger partial charge on any atom is -0.484 e. The molecule has 29 heavy (non-hydrogen) atoms. The monoisotopic (exact) mass is 430 g/mol. The number of thioether (sulfide) groups is 1. The van der Waals surface area contributed by atoms with Crippen LogP contribution in [-0.4, -0.2) is 30.9 Å². The Hall–Kier alpha value is -2.25. The fourth-order valence-corrected chi connectivity index (χ4v) is 4.47. The van der Waals surface area contributed by atoms with Crippen molar-refractivity contribution in [2.75, 3.05) is 5.75 Å². The summed E-state index contributed by atoms with van der Waals surface area (Å²) >= 11 is 7.51. The van der Waals surface area contributed by atoms with E-state index in [0.717, 1.165) is 17.0 Å². The van der Waals surface area contributed by atoms with Crippen LogP contribution in [-0.2, 0) is 13.7 Å². The Bertz CT molecular complexity index is 1060. The van der Waals surface area contributed by atoms with Gasteiger partial charge in [0.1, 0.15) is 12.4 Å². The van der Waals surface area contributed by atoms with Crippen LogP contribution in [0.15, 0.2) is 35.5 Å². The van der Waals surface area contributed by atoms with E-state index >= 15 is 0 Å². The lowest BCUT2D eigenvalue weighted by Crippen LogP contribution is -2.07. The number of ketones is 1. The molecule has 1 aliphatic carbocycles. The number of para-hydroxylation sites is 1. The second-order valence-electron chi connectivity index (χ2n) is 7.27. The quantitative estimate of drug-likeness (QED) is 0.380. The molecule has 0 radical (unpaired) electrons. The van der Waals surface area contributed by atoms with E-state index in [0.29, 0.717) is 33.5 Å². The summed E-state index contributed by atoms with van der Waals surface area (Å²) in [6.45, 7) is 4.36. The smallest absolute Gasteiger partial charge is 0.191 e. The van der Waals surface area contributed by atoms with Crippen LogP contribution in [0.25, 0.3) is 0 Å². The zero-order valence-electron chi connectivity index (χ0n) is 16.7. The lowest BCUT2D eigenvalue weighted by Gasteiger charge is -2.08. The van der Waals surface area contributed by atoms with Crippen LogP contribution in [0, 0.1) is 13.8 Å². The van der Waals surface area contributed by atoms with Gasteiger partial charge in [-0.25, -0.2) is 0 Å². The van der Waals surface area contributed by atoms with Crippen molar-refractivity contribution < 1.29 is 9.53 Å². The van der Waals surface area contributed by atoms with E-state index in [-0.39, 0.29) is 12.4 Å². The normalized spacial score (nSPS) is 13.7. The van der Waals surface area contributed by atoms with Gasteiger partial charge < -0.3 is 13.9 Å². The van der Waals surface area contributed by atoms with Crippen molar-refractivity contribution >= 4 is 29.1 Å². The van der Waals surface area contributed by atoms with Crippen molar-refractivity contribution in [3.05, 3.63) is 58.1 Å². The number of hydrogen-bond donors (Lipinski definition) is 0. The average Bonchev–Trinajstić information content (AvgIpc) is 3.40. The average molecular weight is 431 g/mol. The topological polar surface area (TPSA) is 61.9 Å². The van der Waals surface area contributed by atoms with E-state index in [4.69, 9.17) is 16.3 Å². The highest BCUT2D eigenvalue weighted by Gasteiger charge is 2.28. The summed E-state index contributed by atoms with van der Waals surface area (Å²) in [6, 6.07) is 9.89. The third kappa shape index (κ3) is 4.21. The van der Waals surface area contributed by atoms with Crippen LogP contribution in [0.4, 0.5) is 0 Å². The van der Waals surface area contributed by atoms with Gasteiger partial charge in [-0.3, -0.25) is 4.79 Å². The van der Waals surface area contributed by atoms with Crippen LogP contribution >= 0.6 is 23.4 Å². The molecule has 0 spiro atoms. The number of Topliss-reactive ketones (excluding diaryl/α,β-unsaturated/α-hetero) is 1. The molecule has 0 N–H and O–H groups in total. The molecule has 3 aromatic rings. The molecular formula is C21H23ClN4O2S. The van der Waals surface area contributed by atoms with Gasteiger partial charge >= 0.3 is 0 Å². The van der Waals surface area contributed by atoms with Gasteiger partial charge in [-0.05, 0) is 44.9 Å². The maximum Gasteiger partial charge on any atom is 0.191 e. The minimum atomic E-state index is 0.117. The molecule has 0 saturated heterocycles. The predicted molar refractivity (Wildman–Crippen MR) is 114 cm³/mol. The van der Waals surface area contributed by atoms with Crippen LogP contribution < -0.4 is 4.74 Å². The molecule has 2 heterocycles. The van der Waals surface area contributed by atoms with Gasteiger partial charge in [0, 0.05) is 30.0 Å². The molecule has 2 aromatic heterocycles. The number of aryl methyl sites for hydroxylation is 1. The van der Waals surface area contributed by atoms with Crippen LogP contribution in [0.3, 0.4) is 0 Å². The number of halogens is 1. The van der Waals surface area contributed by atoms with Gasteiger partial charge in [0.2, 0.25) is 0 Å². The van der Waals surface area contributed by atoms with Gasteiger partial charge in [0.25, 0.3) is 0 Å². The third-order valence-electron chi connectivity index (χ3n) is 5.15. The Morgan fingerprint density at radius 2 is 2.03 bits per heavy atom. The van der Waals surface area contributed by atoms with Crippen molar-refractivity contribution in [2.45, 2.75) is 44.5 Å². The minimum absolute atomic E-state index is 0.117. The Morgan fingerprint density at radius 3 is 2.76 bits per heavy atom. The zero-order valence-corrected chi connectivity index (χ0v) is 18.3. The highest BCUT2D eigenvalue weighted by Crippen LogP contribution is 2.38. The van der Waals surface area contributed by atoms with E-state index in [9.17, 15) is 4.79 Å². The van der Waals surface area contributed by atoms with Gasteiger partial charge in [0.15, 0.2) is 16.8 Å². The SMILES string of the molecule is Cc1cc(C(=O)CSc2nnc(COc3ccccc3Cl)n2C)c(C)n1C1CC1. The molecule has 1 fully saturated rings. The first-order chi connectivity index (χ1) is 14.0. The summed E-state index contributed by atoms with van der Waals surface area (Å²) < 4.78 is 9.88. The van der Waals surface area contributed by atoms with Crippen LogP contribution in [0.2, 0.25) is 5.02 Å². The molecule has 152 valence electrons. The molecule has 1 aromatic carbocycles. The fraction of sp³-hybridized carbons (Fsp3) is 0.381. The Balaban J connectivity index is 1.39. The molecule has 1 aliphatic rings. The number of benzene rings is 1. The summed E-state index contributed by atoms with van der Waals surface area (Å²) in [5, 5.41) is 9.63. The standard InChI is InChI=1S/C21H23ClN4O2S/c1-13-10-16(14(2)26(13)15-8-9-15)18(27)12-29-21-24-23-20(25(21)3)11-28-19-7-5-4-6-17(19)22/h4-7,10,15H,8-9,11-12H2,1-3H3. The van der Waals surface area contributed by atoms with Gasteiger partial charge in [0.05, 0.1) is 10.8 Å². The van der Waals surface area contributed by atoms with Crippen molar-refractivity contribution in [1.82, 2.24) is 19.3 Å². The van der Waals surface area contributed by atoms with Crippen molar-refractivity contribution in [3.63, 3.8) is 0 Å². The Kier molecular flexibility index (Phi) is 5.69. The summed E-state index contributed by atoms with van der Waals surface area (Å²) in [6.07, 6.45) is 2.41. The third-order valence-corrected chi connectivity index (χ3v) is 6.48. The molecule has 0 bridgehead atoms. The molecule has 6 nitrogen and oxygen atoms in total. The van der Waals surface area contributed by atoms with Gasteiger partial charge in [-0.1, -0.05) is 35.5 Å². The lowest BCUT2D eigenvalue weighted by atomic mass is 10.2. The molecule has 1 saturated carbocycles. The van der Waals surface area contributed by atoms with E-state index in [1.165, 1.54) is 24.6 Å². The number of ether oxygens (including phenoxy) is 1. The molecular weight excluding hydrogens is 408 g/mol. The summed E-state index contributed by atoms with van der Waals surface area (Å²) in [5.41, 5.74) is 3.05. The van der Waals surface area contributed by atoms with E-state index in [2.05, 4.69) is 21.7 Å². The van der Waals surface area contributed by atoms with E-state index < -0.39 is 0 Å². The first-order valence-electron chi connectivity index (χ1n) is 9.55. The maximum absolute atomic E-state index is 12.8. The summed E-state index contributed by atoms with van der Waals surface area (Å²) in [4.78, 5) is 12.8. The van der Waals surface area contributed by atoms with Crippen molar-refractivity contribution in [2.24, 2.45) is 7.05 Å². The van der Waals surface area contributed by atoms with Crippen molar-refractivity contribution in [3.8, 4) is 5.75 Å². The van der Waals surface area contributed by atoms with Crippen LogP contribution in [0.5, 0.6) is 5.75 Å². The number of carbonyl (C=O) groups is 1. The first-order valence-corrected chi connectivity index (χ1v) is 10.9. The lowest BCUT2D eigenvalue weighted by molar-refractivity contribution is 0.102. The molecule has 0 unspecified atom stereocenters. The molecule has 4 rings (SSSR count). The molecule has 0 amide bonds. The first kappa shape index (κ1) is 20.0. The Labute approximate surface area is 179 Å². The van der Waals surface area contributed by atoms with Gasteiger partial charge in [-0.2, -0.15) is 0 Å². The maximum atomic E-state index is 12.8. The largest absolute Gasteiger partial charge is 0.484 e.